The summed E-state index contributed by atoms with van der Waals surface area (Å²) in [5, 5.41) is 15.6. The lowest BCUT2D eigenvalue weighted by molar-refractivity contribution is 1.22. The van der Waals surface area contributed by atoms with Crippen molar-refractivity contribution in [2.45, 2.75) is 0 Å². The highest BCUT2D eigenvalue weighted by Gasteiger charge is 2.20. The second-order valence-electron chi connectivity index (χ2n) is 25.7. The van der Waals surface area contributed by atoms with Crippen molar-refractivity contribution in [2.75, 3.05) is 33.7 Å². The summed E-state index contributed by atoms with van der Waals surface area (Å²) < 4.78 is 0. The van der Waals surface area contributed by atoms with Crippen LogP contribution in [0, 0.1) is 0 Å². The molecule has 0 unspecified atom stereocenters. The standard InChI is InChI=1S/C51H36N2.C45H34N2/c1-52(49-34-33-47-45-18-9-14-39-13-8-17-44(50(39)45)46-19-10-20-48(49)51(46)47)40-27-21-37(22-28-40)38-25-31-43(32-26-38)53(41-15-6-3-7-16-41)42-29-23-36(24-30-42)35-11-4-2-5-12-35;1-46(45-32-37-14-8-9-17-42(37)43-18-10-11-19-44(43)45)38-26-20-35(21-27-38)36-24-30-41(31-25-36)47(39-15-6-3-7-16-39)40-28-22-34(23-29-40)33-12-4-2-5-13-33/h2-34H,1H3;2-32H,1H3. The van der Waals surface area contributed by atoms with Crippen LogP contribution < -0.4 is 19.6 Å². The average Bonchev–Trinajstić information content (AvgIpc) is 0.714. The van der Waals surface area contributed by atoms with Gasteiger partial charge in [0.05, 0.1) is 0 Å². The lowest BCUT2D eigenvalue weighted by atomic mass is 9.89. The fourth-order valence-corrected chi connectivity index (χ4v) is 14.8. The molecule has 0 saturated carbocycles. The van der Waals surface area contributed by atoms with E-state index in [0.29, 0.717) is 0 Å². The van der Waals surface area contributed by atoms with Gasteiger partial charge in [0.1, 0.15) is 0 Å². The smallest absolute Gasteiger partial charge is 0.0494 e. The third-order valence-corrected chi connectivity index (χ3v) is 19.9. The maximum Gasteiger partial charge on any atom is 0.0494 e. The molecule has 474 valence electrons. The van der Waals surface area contributed by atoms with Crippen molar-refractivity contribution in [1.29, 1.82) is 0 Å². The first kappa shape index (κ1) is 60.6. The minimum atomic E-state index is 1.12. The molecule has 0 amide bonds. The Kier molecular flexibility index (Phi) is 16.1. The third-order valence-electron chi connectivity index (χ3n) is 19.9. The summed E-state index contributed by atoms with van der Waals surface area (Å²) in [6, 6.07) is 140. The van der Waals surface area contributed by atoms with Gasteiger partial charge in [0.2, 0.25) is 0 Å². The molecule has 0 spiro atoms. The monoisotopic (exact) mass is 1280 g/mol. The van der Waals surface area contributed by atoms with Crippen LogP contribution in [0.25, 0.3) is 109 Å². The van der Waals surface area contributed by atoms with E-state index in [9.17, 15) is 0 Å². The summed E-state index contributed by atoms with van der Waals surface area (Å²) >= 11 is 0. The Morgan fingerprint density at radius 1 is 0.160 bits per heavy atom. The lowest BCUT2D eigenvalue weighted by Gasteiger charge is -2.26. The van der Waals surface area contributed by atoms with Crippen molar-refractivity contribution in [3.05, 3.63) is 388 Å². The van der Waals surface area contributed by atoms with Crippen LogP contribution in [0.15, 0.2) is 388 Å². The van der Waals surface area contributed by atoms with E-state index in [2.05, 4.69) is 422 Å². The first-order valence-corrected chi connectivity index (χ1v) is 34.3. The molecule has 0 atom stereocenters. The molecule has 18 rings (SSSR count). The zero-order valence-electron chi connectivity index (χ0n) is 55.7. The quantitative estimate of drug-likeness (QED) is 0.0795. The van der Waals surface area contributed by atoms with Crippen molar-refractivity contribution in [3.8, 4) is 44.5 Å². The first-order valence-electron chi connectivity index (χ1n) is 34.3. The van der Waals surface area contributed by atoms with E-state index < -0.39 is 0 Å². The molecular weight excluding hydrogens is 1210 g/mol. The summed E-state index contributed by atoms with van der Waals surface area (Å²) in [6.07, 6.45) is 0. The van der Waals surface area contributed by atoms with Crippen LogP contribution in [0.3, 0.4) is 0 Å². The van der Waals surface area contributed by atoms with Gasteiger partial charge in [-0.3, -0.25) is 0 Å². The Morgan fingerprint density at radius 2 is 0.440 bits per heavy atom. The number of nitrogens with zero attached hydrogens (tertiary/aromatic N) is 4. The Labute approximate surface area is 584 Å². The van der Waals surface area contributed by atoms with Gasteiger partial charge < -0.3 is 19.6 Å². The molecule has 0 saturated heterocycles. The highest BCUT2D eigenvalue weighted by Crippen LogP contribution is 2.46. The van der Waals surface area contributed by atoms with Gasteiger partial charge in [-0.05, 0) is 208 Å². The van der Waals surface area contributed by atoms with Crippen LogP contribution in [0.5, 0.6) is 0 Å². The van der Waals surface area contributed by atoms with Crippen molar-refractivity contribution < 1.29 is 0 Å². The van der Waals surface area contributed by atoms with Crippen LogP contribution in [0.2, 0.25) is 0 Å². The minimum Gasteiger partial charge on any atom is -0.344 e. The number of para-hydroxylation sites is 2. The molecular formula is C96H70N4. The highest BCUT2D eigenvalue weighted by molar-refractivity contribution is 6.34. The average molecular weight is 1280 g/mol. The van der Waals surface area contributed by atoms with Gasteiger partial charge in [0.25, 0.3) is 0 Å². The second kappa shape index (κ2) is 26.5. The molecule has 0 bridgehead atoms. The SMILES string of the molecule is CN(c1ccc(-c2ccc(N(c3ccccc3)c3ccc(-c4ccccc4)cc3)cc2)cc1)c1cc2ccccc2c2ccccc12.CN(c1ccc(-c2ccc(N(c3ccccc3)c3ccc(-c4ccccc4)cc3)cc2)cc1)c1ccc2c3cccc4cccc(c5cccc1c52)c43. The van der Waals surface area contributed by atoms with E-state index in [-0.39, 0.29) is 0 Å². The Bertz CT molecular complexity index is 5820. The topological polar surface area (TPSA) is 13.0 Å². The molecule has 100 heavy (non-hydrogen) atoms. The van der Waals surface area contributed by atoms with E-state index in [1.807, 2.05) is 0 Å². The van der Waals surface area contributed by atoms with Crippen LogP contribution in [-0.2, 0) is 0 Å². The fraction of sp³-hybridized carbons (Fsp3) is 0.0208. The highest BCUT2D eigenvalue weighted by atomic mass is 15.1. The number of hydrogen-bond donors (Lipinski definition) is 0. The van der Waals surface area contributed by atoms with Crippen molar-refractivity contribution in [2.24, 2.45) is 0 Å². The molecule has 18 aromatic rings. The summed E-state index contributed by atoms with van der Waals surface area (Å²) in [5.41, 5.74) is 21.0. The van der Waals surface area contributed by atoms with Gasteiger partial charge in [0, 0.05) is 81.7 Å². The second-order valence-corrected chi connectivity index (χ2v) is 25.7. The van der Waals surface area contributed by atoms with Gasteiger partial charge in [-0.25, -0.2) is 0 Å². The molecule has 4 nitrogen and oxygen atoms in total. The number of hydrogen-bond acceptors (Lipinski definition) is 4. The van der Waals surface area contributed by atoms with Crippen molar-refractivity contribution >= 4 is 122 Å². The lowest BCUT2D eigenvalue weighted by Crippen LogP contribution is -2.10. The predicted molar refractivity (Wildman–Crippen MR) is 429 cm³/mol. The Balaban J connectivity index is 0.000000151. The molecule has 0 N–H and O–H groups in total. The van der Waals surface area contributed by atoms with E-state index in [1.54, 1.807) is 0 Å². The zero-order chi connectivity index (χ0) is 66.9. The number of benzene rings is 18. The molecule has 0 heterocycles. The molecule has 4 heteroatoms. The summed E-state index contributed by atoms with van der Waals surface area (Å²) in [5.74, 6) is 0. The van der Waals surface area contributed by atoms with E-state index in [0.717, 1.165) is 45.5 Å². The first-order chi connectivity index (χ1) is 49.4. The number of rotatable bonds is 14. The van der Waals surface area contributed by atoms with E-state index in [1.165, 1.54) is 121 Å². The molecule has 0 aliphatic heterocycles. The van der Waals surface area contributed by atoms with Gasteiger partial charge >= 0.3 is 0 Å². The molecule has 0 fully saturated rings. The number of anilines is 10. The molecule has 18 aromatic carbocycles. The van der Waals surface area contributed by atoms with Crippen LogP contribution in [0.4, 0.5) is 56.9 Å². The molecule has 0 radical (unpaired) electrons. The molecule has 0 aliphatic rings. The van der Waals surface area contributed by atoms with Gasteiger partial charge in [0.15, 0.2) is 0 Å². The fourth-order valence-electron chi connectivity index (χ4n) is 14.8. The van der Waals surface area contributed by atoms with E-state index in [4.69, 9.17) is 0 Å². The van der Waals surface area contributed by atoms with Crippen LogP contribution in [-0.4, -0.2) is 14.1 Å². The zero-order valence-corrected chi connectivity index (χ0v) is 55.7. The Hall–Kier alpha value is -13.0. The summed E-state index contributed by atoms with van der Waals surface area (Å²) in [6.45, 7) is 0. The van der Waals surface area contributed by atoms with E-state index >= 15 is 0 Å². The van der Waals surface area contributed by atoms with Gasteiger partial charge in [-0.1, -0.05) is 279 Å². The summed E-state index contributed by atoms with van der Waals surface area (Å²) in [4.78, 5) is 9.24. The van der Waals surface area contributed by atoms with Crippen LogP contribution >= 0.6 is 0 Å². The number of fused-ring (bicyclic) bond motifs is 5. The van der Waals surface area contributed by atoms with Gasteiger partial charge in [-0.2, -0.15) is 0 Å². The molecule has 0 aromatic heterocycles. The molecule has 0 aliphatic carbocycles. The largest absolute Gasteiger partial charge is 0.344 e. The minimum absolute atomic E-state index is 1.12. The van der Waals surface area contributed by atoms with Crippen molar-refractivity contribution in [1.82, 2.24) is 0 Å². The van der Waals surface area contributed by atoms with Crippen molar-refractivity contribution in [3.63, 3.8) is 0 Å². The third kappa shape index (κ3) is 11.5. The Morgan fingerprint density at radius 3 is 0.870 bits per heavy atom. The maximum atomic E-state index is 2.32. The normalized spacial score (nSPS) is 11.3. The predicted octanol–water partition coefficient (Wildman–Crippen LogP) is 26.9. The summed E-state index contributed by atoms with van der Waals surface area (Å²) in [7, 11) is 4.33. The van der Waals surface area contributed by atoms with Gasteiger partial charge in [-0.15, -0.1) is 0 Å². The maximum absolute atomic E-state index is 2.32. The van der Waals surface area contributed by atoms with Crippen LogP contribution in [0.1, 0.15) is 0 Å².